The van der Waals surface area contributed by atoms with Gasteiger partial charge < -0.3 is 5.73 Å². The zero-order valence-electron chi connectivity index (χ0n) is 8.37. The summed E-state index contributed by atoms with van der Waals surface area (Å²) in [5, 5.41) is 0. The van der Waals surface area contributed by atoms with Crippen LogP contribution in [-0.2, 0) is 6.54 Å². The standard InChI is InChI=1S/C11H14F2N2/c12-11(13)9-3-1-8(2-4-9)5-15-6-10(14)7-15/h1-4,10-11H,5-7,14H2. The molecular formula is C11H14F2N2. The highest BCUT2D eigenvalue weighted by molar-refractivity contribution is 5.23. The summed E-state index contributed by atoms with van der Waals surface area (Å²) in [5.74, 6) is 0. The summed E-state index contributed by atoms with van der Waals surface area (Å²) in [7, 11) is 0. The van der Waals surface area contributed by atoms with Gasteiger partial charge in [0.25, 0.3) is 6.43 Å². The first kappa shape index (κ1) is 10.5. The predicted octanol–water partition coefficient (Wildman–Crippen LogP) is 1.77. The Kier molecular flexibility index (Phi) is 2.98. The molecule has 0 aromatic heterocycles. The van der Waals surface area contributed by atoms with Gasteiger partial charge in [-0.1, -0.05) is 24.3 Å². The topological polar surface area (TPSA) is 29.3 Å². The third-order valence-corrected chi connectivity index (χ3v) is 2.62. The summed E-state index contributed by atoms with van der Waals surface area (Å²) in [6.45, 7) is 2.60. The van der Waals surface area contributed by atoms with Gasteiger partial charge in [-0.25, -0.2) is 8.78 Å². The summed E-state index contributed by atoms with van der Waals surface area (Å²) >= 11 is 0. The molecule has 0 atom stereocenters. The summed E-state index contributed by atoms with van der Waals surface area (Å²) in [6.07, 6.45) is -2.38. The lowest BCUT2D eigenvalue weighted by atomic mass is 10.1. The van der Waals surface area contributed by atoms with Gasteiger partial charge in [-0.15, -0.1) is 0 Å². The van der Waals surface area contributed by atoms with Crippen molar-refractivity contribution in [3.8, 4) is 0 Å². The van der Waals surface area contributed by atoms with Crippen LogP contribution >= 0.6 is 0 Å². The third-order valence-electron chi connectivity index (χ3n) is 2.62. The minimum Gasteiger partial charge on any atom is -0.325 e. The van der Waals surface area contributed by atoms with E-state index >= 15 is 0 Å². The van der Waals surface area contributed by atoms with Crippen molar-refractivity contribution in [2.45, 2.75) is 19.0 Å². The van der Waals surface area contributed by atoms with Crippen molar-refractivity contribution in [1.29, 1.82) is 0 Å². The maximum atomic E-state index is 12.3. The molecule has 1 fully saturated rings. The molecule has 0 radical (unpaired) electrons. The number of halogens is 2. The Bertz CT molecular complexity index is 318. The van der Waals surface area contributed by atoms with Gasteiger partial charge in [0, 0.05) is 31.2 Å². The highest BCUT2D eigenvalue weighted by atomic mass is 19.3. The Morgan fingerprint density at radius 3 is 2.33 bits per heavy atom. The van der Waals surface area contributed by atoms with Crippen molar-refractivity contribution in [1.82, 2.24) is 4.90 Å². The molecule has 2 rings (SSSR count). The van der Waals surface area contributed by atoms with E-state index in [1.807, 2.05) is 0 Å². The van der Waals surface area contributed by atoms with E-state index in [-0.39, 0.29) is 11.6 Å². The second-order valence-corrected chi connectivity index (χ2v) is 4.00. The first-order valence-electron chi connectivity index (χ1n) is 5.00. The van der Waals surface area contributed by atoms with Crippen LogP contribution in [0.2, 0.25) is 0 Å². The molecule has 82 valence electrons. The Balaban J connectivity index is 1.92. The van der Waals surface area contributed by atoms with Gasteiger partial charge in [0.1, 0.15) is 0 Å². The van der Waals surface area contributed by atoms with Crippen molar-refractivity contribution in [3.63, 3.8) is 0 Å². The molecular weight excluding hydrogens is 198 g/mol. The molecule has 1 aromatic rings. The van der Waals surface area contributed by atoms with E-state index in [4.69, 9.17) is 5.73 Å². The molecule has 0 amide bonds. The highest BCUT2D eigenvalue weighted by Gasteiger charge is 2.22. The monoisotopic (exact) mass is 212 g/mol. The van der Waals surface area contributed by atoms with Crippen LogP contribution in [0.15, 0.2) is 24.3 Å². The molecule has 1 aliphatic rings. The Labute approximate surface area is 87.7 Å². The van der Waals surface area contributed by atoms with Crippen molar-refractivity contribution >= 4 is 0 Å². The maximum absolute atomic E-state index is 12.3. The van der Waals surface area contributed by atoms with Crippen molar-refractivity contribution in [2.24, 2.45) is 5.73 Å². The van der Waals surface area contributed by atoms with Crippen LogP contribution < -0.4 is 5.73 Å². The molecule has 1 saturated heterocycles. The quantitative estimate of drug-likeness (QED) is 0.827. The van der Waals surface area contributed by atoms with Crippen LogP contribution in [0.5, 0.6) is 0 Å². The van der Waals surface area contributed by atoms with Gasteiger partial charge in [-0.2, -0.15) is 0 Å². The molecule has 15 heavy (non-hydrogen) atoms. The zero-order chi connectivity index (χ0) is 10.8. The van der Waals surface area contributed by atoms with Gasteiger partial charge >= 0.3 is 0 Å². The molecule has 0 aliphatic carbocycles. The highest BCUT2D eigenvalue weighted by Crippen LogP contribution is 2.20. The predicted molar refractivity (Wildman–Crippen MR) is 54.7 cm³/mol. The number of hydrogen-bond acceptors (Lipinski definition) is 2. The van der Waals surface area contributed by atoms with Gasteiger partial charge in [0.15, 0.2) is 0 Å². The van der Waals surface area contributed by atoms with Crippen LogP contribution in [0, 0.1) is 0 Å². The number of alkyl halides is 2. The lowest BCUT2D eigenvalue weighted by molar-refractivity contribution is 0.142. The van der Waals surface area contributed by atoms with Gasteiger partial charge in [-0.3, -0.25) is 4.90 Å². The van der Waals surface area contributed by atoms with Gasteiger partial charge in [-0.05, 0) is 5.56 Å². The van der Waals surface area contributed by atoms with Crippen LogP contribution in [-0.4, -0.2) is 24.0 Å². The largest absolute Gasteiger partial charge is 0.325 e. The molecule has 4 heteroatoms. The van der Waals surface area contributed by atoms with Crippen molar-refractivity contribution in [3.05, 3.63) is 35.4 Å². The number of nitrogens with zero attached hydrogens (tertiary/aromatic N) is 1. The number of likely N-dealkylation sites (tertiary alicyclic amines) is 1. The fraction of sp³-hybridized carbons (Fsp3) is 0.455. The minimum absolute atomic E-state index is 0.0825. The molecule has 0 spiro atoms. The van der Waals surface area contributed by atoms with Crippen LogP contribution in [0.4, 0.5) is 8.78 Å². The lowest BCUT2D eigenvalue weighted by Crippen LogP contribution is -2.54. The SMILES string of the molecule is NC1CN(Cc2ccc(C(F)F)cc2)C1. The smallest absolute Gasteiger partial charge is 0.263 e. The maximum Gasteiger partial charge on any atom is 0.263 e. The molecule has 0 bridgehead atoms. The first-order chi connectivity index (χ1) is 7.15. The van der Waals surface area contributed by atoms with Crippen LogP contribution in [0.25, 0.3) is 0 Å². The number of nitrogens with two attached hydrogens (primary N) is 1. The molecule has 2 N–H and O–H groups in total. The average molecular weight is 212 g/mol. The fourth-order valence-corrected chi connectivity index (χ4v) is 1.77. The summed E-state index contributed by atoms with van der Waals surface area (Å²) in [6, 6.07) is 6.76. The van der Waals surface area contributed by atoms with E-state index < -0.39 is 6.43 Å². The third kappa shape index (κ3) is 2.52. The lowest BCUT2D eigenvalue weighted by Gasteiger charge is -2.36. The van der Waals surface area contributed by atoms with Gasteiger partial charge in [0.2, 0.25) is 0 Å². The van der Waals surface area contributed by atoms with E-state index in [0.717, 1.165) is 25.2 Å². The molecule has 1 heterocycles. The summed E-state index contributed by atoms with van der Waals surface area (Å²) in [4.78, 5) is 2.20. The van der Waals surface area contributed by atoms with E-state index in [1.165, 1.54) is 12.1 Å². The average Bonchev–Trinajstić information content (AvgIpc) is 2.16. The normalized spacial score (nSPS) is 18.1. The zero-order valence-corrected chi connectivity index (χ0v) is 8.37. The Morgan fingerprint density at radius 1 is 1.27 bits per heavy atom. The van der Waals surface area contributed by atoms with E-state index in [9.17, 15) is 8.78 Å². The van der Waals surface area contributed by atoms with Gasteiger partial charge in [0.05, 0.1) is 0 Å². The number of rotatable bonds is 3. The van der Waals surface area contributed by atoms with Crippen LogP contribution in [0.3, 0.4) is 0 Å². The van der Waals surface area contributed by atoms with Crippen molar-refractivity contribution < 1.29 is 8.78 Å². The second kappa shape index (κ2) is 4.24. The molecule has 1 aliphatic heterocycles. The Morgan fingerprint density at radius 2 is 1.87 bits per heavy atom. The molecule has 1 aromatic carbocycles. The minimum atomic E-state index is -2.38. The molecule has 2 nitrogen and oxygen atoms in total. The number of benzene rings is 1. The molecule has 0 unspecified atom stereocenters. The van der Waals surface area contributed by atoms with E-state index in [0.29, 0.717) is 0 Å². The Hall–Kier alpha value is -1.00. The van der Waals surface area contributed by atoms with E-state index in [1.54, 1.807) is 12.1 Å². The second-order valence-electron chi connectivity index (χ2n) is 4.00. The van der Waals surface area contributed by atoms with Crippen molar-refractivity contribution in [2.75, 3.05) is 13.1 Å². The number of hydrogen-bond donors (Lipinski definition) is 1. The first-order valence-corrected chi connectivity index (χ1v) is 5.00. The van der Waals surface area contributed by atoms with Crippen LogP contribution in [0.1, 0.15) is 17.6 Å². The molecule has 0 saturated carbocycles. The van der Waals surface area contributed by atoms with E-state index in [2.05, 4.69) is 4.90 Å². The summed E-state index contributed by atoms with van der Waals surface area (Å²) in [5.41, 5.74) is 6.79. The summed E-state index contributed by atoms with van der Waals surface area (Å²) < 4.78 is 24.5. The fourth-order valence-electron chi connectivity index (χ4n) is 1.77.